The van der Waals surface area contributed by atoms with Gasteiger partial charge in [0.2, 0.25) is 5.88 Å². The molecule has 0 amide bonds. The average molecular weight is 562 g/mol. The van der Waals surface area contributed by atoms with Crippen molar-refractivity contribution in [3.8, 4) is 11.6 Å². The van der Waals surface area contributed by atoms with Gasteiger partial charge in [0.1, 0.15) is 12.0 Å². The van der Waals surface area contributed by atoms with E-state index in [1.807, 2.05) is 37.4 Å². The third-order valence-corrected chi connectivity index (χ3v) is 5.71. The molecule has 1 saturated heterocycles. The van der Waals surface area contributed by atoms with Gasteiger partial charge in [-0.1, -0.05) is 11.2 Å². The van der Waals surface area contributed by atoms with Crippen LogP contribution >= 0.6 is 24.0 Å². The van der Waals surface area contributed by atoms with E-state index in [0.29, 0.717) is 12.4 Å². The summed E-state index contributed by atoms with van der Waals surface area (Å²) in [6.07, 6.45) is 3.40. The van der Waals surface area contributed by atoms with Gasteiger partial charge in [-0.25, -0.2) is 4.98 Å². The maximum Gasteiger partial charge on any atom is 0.219 e. The van der Waals surface area contributed by atoms with Crippen LogP contribution in [-0.4, -0.2) is 59.1 Å². The van der Waals surface area contributed by atoms with Crippen LogP contribution in [0.15, 0.2) is 58.4 Å². The second-order valence-corrected chi connectivity index (χ2v) is 8.01. The minimum Gasteiger partial charge on any atom is -0.439 e. The predicted octanol–water partition coefficient (Wildman–Crippen LogP) is 3.99. The Kier molecular flexibility index (Phi) is 9.07. The lowest BCUT2D eigenvalue weighted by Gasteiger charge is -2.36. The summed E-state index contributed by atoms with van der Waals surface area (Å²) in [5.74, 6) is 2.29. The molecule has 176 valence electrons. The van der Waals surface area contributed by atoms with Crippen LogP contribution in [0.25, 0.3) is 0 Å². The highest BCUT2D eigenvalue weighted by atomic mass is 127. The lowest BCUT2D eigenvalue weighted by molar-refractivity contribution is 0.169. The monoisotopic (exact) mass is 562 g/mol. The molecule has 3 heterocycles. The number of hydrogen-bond donors (Lipinski definition) is 1. The first-order valence-electron chi connectivity index (χ1n) is 10.9. The summed E-state index contributed by atoms with van der Waals surface area (Å²) >= 11 is 0. The number of benzene rings is 1. The van der Waals surface area contributed by atoms with E-state index in [1.165, 1.54) is 11.1 Å². The van der Waals surface area contributed by atoms with Gasteiger partial charge in [-0.15, -0.1) is 24.0 Å². The van der Waals surface area contributed by atoms with Crippen molar-refractivity contribution < 1.29 is 9.26 Å². The van der Waals surface area contributed by atoms with E-state index in [2.05, 4.69) is 50.2 Å². The Morgan fingerprint density at radius 1 is 1.09 bits per heavy atom. The van der Waals surface area contributed by atoms with E-state index in [1.54, 1.807) is 12.5 Å². The largest absolute Gasteiger partial charge is 0.439 e. The zero-order chi connectivity index (χ0) is 22.3. The van der Waals surface area contributed by atoms with Crippen molar-refractivity contribution >= 4 is 29.9 Å². The molecule has 0 atom stereocenters. The number of piperazine rings is 1. The number of ether oxygens (including phenoxy) is 1. The van der Waals surface area contributed by atoms with Crippen LogP contribution in [0.1, 0.15) is 22.4 Å². The van der Waals surface area contributed by atoms with Gasteiger partial charge in [0.15, 0.2) is 5.96 Å². The molecule has 0 unspecified atom stereocenters. The maximum atomic E-state index is 5.96. The lowest BCUT2D eigenvalue weighted by Crippen LogP contribution is -2.52. The average Bonchev–Trinajstić information content (AvgIpc) is 3.31. The molecule has 1 N–H and O–H groups in total. The normalized spacial score (nSPS) is 14.6. The van der Waals surface area contributed by atoms with Crippen molar-refractivity contribution in [2.24, 2.45) is 4.99 Å². The molecule has 9 heteroatoms. The van der Waals surface area contributed by atoms with E-state index >= 15 is 0 Å². The molecule has 0 spiro atoms. The molecular weight excluding hydrogens is 531 g/mol. The fraction of sp³-hybridized carbons (Fsp3) is 0.375. The highest BCUT2D eigenvalue weighted by Gasteiger charge is 2.20. The minimum absolute atomic E-state index is 0. The first-order chi connectivity index (χ1) is 15.6. The van der Waals surface area contributed by atoms with Crippen LogP contribution in [0.2, 0.25) is 0 Å². The highest BCUT2D eigenvalue weighted by molar-refractivity contribution is 14.0. The summed E-state index contributed by atoms with van der Waals surface area (Å²) in [5, 5.41) is 7.47. The van der Waals surface area contributed by atoms with Gasteiger partial charge in [0.05, 0.1) is 5.69 Å². The lowest BCUT2D eigenvalue weighted by atomic mass is 10.1. The Bertz CT molecular complexity index is 1050. The summed E-state index contributed by atoms with van der Waals surface area (Å²) in [5.41, 5.74) is 4.50. The fourth-order valence-electron chi connectivity index (χ4n) is 3.69. The molecule has 1 aliphatic rings. The van der Waals surface area contributed by atoms with Crippen molar-refractivity contribution in [3.05, 3.63) is 71.2 Å². The Morgan fingerprint density at radius 3 is 2.61 bits per heavy atom. The summed E-state index contributed by atoms with van der Waals surface area (Å²) in [7, 11) is 1.82. The number of aliphatic imine (C=N–C) groups is 1. The van der Waals surface area contributed by atoms with E-state index in [9.17, 15) is 0 Å². The quantitative estimate of drug-likeness (QED) is 0.277. The van der Waals surface area contributed by atoms with Gasteiger partial charge in [0.25, 0.3) is 0 Å². The van der Waals surface area contributed by atoms with Crippen LogP contribution in [0.3, 0.4) is 0 Å². The Labute approximate surface area is 212 Å². The zero-order valence-electron chi connectivity index (χ0n) is 19.3. The van der Waals surface area contributed by atoms with Crippen LogP contribution in [0, 0.1) is 13.8 Å². The van der Waals surface area contributed by atoms with Crippen molar-refractivity contribution in [1.29, 1.82) is 0 Å². The van der Waals surface area contributed by atoms with Crippen molar-refractivity contribution in [2.75, 3.05) is 33.2 Å². The highest BCUT2D eigenvalue weighted by Crippen LogP contribution is 2.22. The van der Waals surface area contributed by atoms with Crippen molar-refractivity contribution in [2.45, 2.75) is 26.9 Å². The van der Waals surface area contributed by atoms with Crippen LogP contribution in [0.4, 0.5) is 0 Å². The number of rotatable bonds is 6. The number of hydrogen-bond acceptors (Lipinski definition) is 6. The molecule has 1 aromatic carbocycles. The number of pyridine rings is 1. The minimum atomic E-state index is 0. The maximum absolute atomic E-state index is 5.96. The van der Waals surface area contributed by atoms with E-state index in [-0.39, 0.29) is 24.0 Å². The molecule has 0 aliphatic carbocycles. The Hall–Kier alpha value is -2.66. The molecular formula is C24H31IN6O2. The summed E-state index contributed by atoms with van der Waals surface area (Å²) in [6, 6.07) is 11.9. The summed E-state index contributed by atoms with van der Waals surface area (Å²) in [4.78, 5) is 13.5. The zero-order valence-corrected chi connectivity index (χ0v) is 21.7. The standard InChI is InChI=1S/C24H30N6O2.HI/c1-18-4-5-22(14-19(18)2)32-23-15-20(6-8-26-23)16-27-24(25-3)30-11-9-29(10-12-30)17-21-7-13-31-28-21;/h4-8,13-15H,9-12,16-17H2,1-3H3,(H,25,27);1H. The second kappa shape index (κ2) is 12.0. The van der Waals surface area contributed by atoms with Crippen LogP contribution in [0.5, 0.6) is 11.6 Å². The van der Waals surface area contributed by atoms with E-state index < -0.39 is 0 Å². The topological polar surface area (TPSA) is 79.0 Å². The molecule has 0 bridgehead atoms. The number of aromatic nitrogens is 2. The third kappa shape index (κ3) is 6.91. The first kappa shape index (κ1) is 25.0. The van der Waals surface area contributed by atoms with Gasteiger partial charge in [0, 0.05) is 64.6 Å². The number of guanidine groups is 1. The van der Waals surface area contributed by atoms with Gasteiger partial charge >= 0.3 is 0 Å². The molecule has 33 heavy (non-hydrogen) atoms. The van der Waals surface area contributed by atoms with Gasteiger partial charge in [-0.3, -0.25) is 9.89 Å². The van der Waals surface area contributed by atoms with E-state index in [4.69, 9.17) is 9.26 Å². The second-order valence-electron chi connectivity index (χ2n) is 8.01. The predicted molar refractivity (Wildman–Crippen MR) is 139 cm³/mol. The molecule has 2 aromatic heterocycles. The molecule has 1 fully saturated rings. The summed E-state index contributed by atoms with van der Waals surface area (Å²) in [6.45, 7) is 9.37. The third-order valence-electron chi connectivity index (χ3n) is 5.71. The van der Waals surface area contributed by atoms with Crippen molar-refractivity contribution in [1.82, 2.24) is 25.3 Å². The molecule has 0 radical (unpaired) electrons. The number of nitrogens with zero attached hydrogens (tertiary/aromatic N) is 5. The van der Waals surface area contributed by atoms with Crippen molar-refractivity contribution in [3.63, 3.8) is 0 Å². The number of halogens is 1. The van der Waals surface area contributed by atoms with Gasteiger partial charge in [-0.05, 0) is 48.7 Å². The molecule has 3 aromatic rings. The number of nitrogens with one attached hydrogen (secondary N) is 1. The van der Waals surface area contributed by atoms with E-state index in [0.717, 1.165) is 55.7 Å². The van der Waals surface area contributed by atoms with Gasteiger partial charge in [-0.2, -0.15) is 0 Å². The molecule has 8 nitrogen and oxygen atoms in total. The SMILES string of the molecule is CN=C(NCc1ccnc(Oc2ccc(C)c(C)c2)c1)N1CCN(Cc2ccon2)CC1.I. The Balaban J connectivity index is 0.00000306. The molecule has 4 rings (SSSR count). The molecule has 1 aliphatic heterocycles. The smallest absolute Gasteiger partial charge is 0.219 e. The first-order valence-corrected chi connectivity index (χ1v) is 10.9. The number of aryl methyl sites for hydroxylation is 2. The fourth-order valence-corrected chi connectivity index (χ4v) is 3.69. The van der Waals surface area contributed by atoms with Crippen LogP contribution in [-0.2, 0) is 13.1 Å². The molecule has 0 saturated carbocycles. The van der Waals surface area contributed by atoms with Gasteiger partial charge < -0.3 is 19.5 Å². The Morgan fingerprint density at radius 2 is 1.91 bits per heavy atom. The van der Waals surface area contributed by atoms with Crippen LogP contribution < -0.4 is 10.1 Å². The summed E-state index contributed by atoms with van der Waals surface area (Å²) < 4.78 is 10.9.